The zero-order valence-electron chi connectivity index (χ0n) is 11.7. The molecule has 17 heavy (non-hydrogen) atoms. The van der Waals surface area contributed by atoms with Crippen LogP contribution < -0.4 is 0 Å². The maximum absolute atomic E-state index is 12.0. The van der Waals surface area contributed by atoms with E-state index in [4.69, 9.17) is 4.74 Å². The van der Waals surface area contributed by atoms with Gasteiger partial charge in [-0.05, 0) is 45.4 Å². The topological polar surface area (TPSA) is 46.5 Å². The summed E-state index contributed by atoms with van der Waals surface area (Å²) in [4.78, 5) is 12.0. The van der Waals surface area contributed by atoms with Crippen molar-refractivity contribution in [2.75, 3.05) is 6.61 Å². The second kappa shape index (κ2) is 4.97. The van der Waals surface area contributed by atoms with Crippen molar-refractivity contribution < 1.29 is 14.6 Å². The van der Waals surface area contributed by atoms with Crippen LogP contribution in [0.3, 0.4) is 0 Å². The molecule has 0 aromatic rings. The van der Waals surface area contributed by atoms with Gasteiger partial charge in [-0.3, -0.25) is 4.79 Å². The fraction of sp³-hybridized carbons (Fsp3) is 0.929. The van der Waals surface area contributed by atoms with Crippen molar-refractivity contribution in [2.45, 2.75) is 59.5 Å². The summed E-state index contributed by atoms with van der Waals surface area (Å²) in [6, 6.07) is 0. The Bertz CT molecular complexity index is 285. The summed E-state index contributed by atoms with van der Waals surface area (Å²) in [6.45, 7) is 9.94. The van der Waals surface area contributed by atoms with Crippen molar-refractivity contribution in [1.82, 2.24) is 0 Å². The van der Waals surface area contributed by atoms with E-state index in [9.17, 15) is 9.90 Å². The fourth-order valence-electron chi connectivity index (χ4n) is 2.97. The third-order valence-corrected chi connectivity index (χ3v) is 4.44. The predicted molar refractivity (Wildman–Crippen MR) is 67.5 cm³/mol. The summed E-state index contributed by atoms with van der Waals surface area (Å²) in [6.07, 6.45) is 2.78. The first-order chi connectivity index (χ1) is 7.75. The Hall–Kier alpha value is -0.570. The zero-order valence-corrected chi connectivity index (χ0v) is 11.7. The van der Waals surface area contributed by atoms with Gasteiger partial charge in [0.15, 0.2) is 0 Å². The minimum atomic E-state index is -0.948. The van der Waals surface area contributed by atoms with Crippen LogP contribution in [0.1, 0.15) is 53.9 Å². The van der Waals surface area contributed by atoms with Crippen LogP contribution in [0.2, 0.25) is 0 Å². The molecule has 1 fully saturated rings. The molecule has 3 atom stereocenters. The molecule has 0 spiro atoms. The third-order valence-electron chi connectivity index (χ3n) is 4.44. The molecule has 1 saturated carbocycles. The Morgan fingerprint density at radius 3 is 2.53 bits per heavy atom. The van der Waals surface area contributed by atoms with E-state index in [2.05, 4.69) is 6.92 Å². The van der Waals surface area contributed by atoms with E-state index in [1.165, 1.54) is 0 Å². The van der Waals surface area contributed by atoms with Crippen LogP contribution in [0.15, 0.2) is 0 Å². The summed E-state index contributed by atoms with van der Waals surface area (Å²) in [5, 5.41) is 10.9. The van der Waals surface area contributed by atoms with Crippen molar-refractivity contribution in [3.05, 3.63) is 0 Å². The number of rotatable bonds is 3. The molecule has 0 saturated heterocycles. The molecule has 3 nitrogen and oxygen atoms in total. The minimum absolute atomic E-state index is 0.137. The van der Waals surface area contributed by atoms with Crippen molar-refractivity contribution in [3.8, 4) is 0 Å². The van der Waals surface area contributed by atoms with Crippen LogP contribution in [0.5, 0.6) is 0 Å². The van der Waals surface area contributed by atoms with Crippen LogP contribution >= 0.6 is 0 Å². The van der Waals surface area contributed by atoms with Gasteiger partial charge >= 0.3 is 5.97 Å². The standard InChI is InChI=1S/C14H26O3/c1-6-17-12(15)13(4,5)14(16)9-10(2)7-8-11(14)3/h10-11,16H,6-9H2,1-5H3. The molecular weight excluding hydrogens is 216 g/mol. The third kappa shape index (κ3) is 2.49. The highest BCUT2D eigenvalue weighted by Gasteiger charge is 2.54. The Morgan fingerprint density at radius 1 is 1.41 bits per heavy atom. The molecule has 1 aliphatic rings. The molecule has 1 rings (SSSR count). The van der Waals surface area contributed by atoms with Gasteiger partial charge in [-0.15, -0.1) is 0 Å². The molecule has 1 aliphatic carbocycles. The van der Waals surface area contributed by atoms with E-state index < -0.39 is 11.0 Å². The maximum atomic E-state index is 12.0. The number of carbonyl (C=O) groups excluding carboxylic acids is 1. The average Bonchev–Trinajstić information content (AvgIpc) is 2.24. The van der Waals surface area contributed by atoms with Crippen LogP contribution in [0.25, 0.3) is 0 Å². The number of esters is 1. The van der Waals surface area contributed by atoms with Crippen molar-refractivity contribution in [1.29, 1.82) is 0 Å². The molecule has 1 N–H and O–H groups in total. The van der Waals surface area contributed by atoms with Gasteiger partial charge in [-0.25, -0.2) is 0 Å². The van der Waals surface area contributed by atoms with Gasteiger partial charge in [0.1, 0.15) is 0 Å². The molecule has 0 aliphatic heterocycles. The molecule has 100 valence electrons. The van der Waals surface area contributed by atoms with E-state index >= 15 is 0 Å². The van der Waals surface area contributed by atoms with Gasteiger partial charge in [0.2, 0.25) is 0 Å². The highest BCUT2D eigenvalue weighted by Crippen LogP contribution is 2.48. The highest BCUT2D eigenvalue weighted by molar-refractivity contribution is 5.77. The second-order valence-electron chi connectivity index (χ2n) is 6.06. The van der Waals surface area contributed by atoms with Crippen LogP contribution in [0, 0.1) is 17.3 Å². The van der Waals surface area contributed by atoms with E-state index in [0.717, 1.165) is 12.8 Å². The molecule has 0 bridgehead atoms. The lowest BCUT2D eigenvalue weighted by atomic mass is 9.60. The first-order valence-corrected chi connectivity index (χ1v) is 6.65. The van der Waals surface area contributed by atoms with Crippen molar-refractivity contribution in [2.24, 2.45) is 17.3 Å². The largest absolute Gasteiger partial charge is 0.465 e. The van der Waals surface area contributed by atoms with Crippen LogP contribution in [-0.2, 0) is 9.53 Å². The summed E-state index contributed by atoms with van der Waals surface area (Å²) in [5.74, 6) is 0.312. The molecule has 3 heteroatoms. The lowest BCUT2D eigenvalue weighted by Gasteiger charge is -2.49. The van der Waals surface area contributed by atoms with Gasteiger partial charge in [-0.1, -0.05) is 20.3 Å². The van der Waals surface area contributed by atoms with Gasteiger partial charge in [0.25, 0.3) is 0 Å². The van der Waals surface area contributed by atoms with Crippen molar-refractivity contribution >= 4 is 5.97 Å². The summed E-state index contributed by atoms with van der Waals surface area (Å²) >= 11 is 0. The summed E-state index contributed by atoms with van der Waals surface area (Å²) < 4.78 is 5.11. The first-order valence-electron chi connectivity index (χ1n) is 6.65. The van der Waals surface area contributed by atoms with E-state index in [1.807, 2.05) is 6.92 Å². The minimum Gasteiger partial charge on any atom is -0.465 e. The monoisotopic (exact) mass is 242 g/mol. The molecular formula is C14H26O3. The van der Waals surface area contributed by atoms with Crippen LogP contribution in [-0.4, -0.2) is 23.3 Å². The number of hydrogen-bond donors (Lipinski definition) is 1. The average molecular weight is 242 g/mol. The molecule has 0 aromatic heterocycles. The van der Waals surface area contributed by atoms with Crippen LogP contribution in [0.4, 0.5) is 0 Å². The van der Waals surface area contributed by atoms with Gasteiger partial charge in [0, 0.05) is 0 Å². The lowest BCUT2D eigenvalue weighted by molar-refractivity contribution is -0.186. The fourth-order valence-corrected chi connectivity index (χ4v) is 2.97. The summed E-state index contributed by atoms with van der Waals surface area (Å²) in [5.41, 5.74) is -1.78. The Morgan fingerprint density at radius 2 is 2.00 bits per heavy atom. The molecule has 0 amide bonds. The first kappa shape index (κ1) is 14.5. The maximum Gasteiger partial charge on any atom is 0.314 e. The number of ether oxygens (including phenoxy) is 1. The number of aliphatic hydroxyl groups is 1. The molecule has 0 radical (unpaired) electrons. The Kier molecular flexibility index (Phi) is 4.23. The van der Waals surface area contributed by atoms with E-state index in [-0.39, 0.29) is 11.9 Å². The Balaban J connectivity index is 2.96. The SMILES string of the molecule is CCOC(=O)C(C)(C)C1(O)CC(C)CCC1C. The quantitative estimate of drug-likeness (QED) is 0.774. The Labute approximate surface area is 105 Å². The van der Waals surface area contributed by atoms with E-state index in [1.54, 1.807) is 20.8 Å². The smallest absolute Gasteiger partial charge is 0.314 e. The molecule has 0 aromatic carbocycles. The number of carbonyl (C=O) groups is 1. The molecule has 0 heterocycles. The zero-order chi connectivity index (χ0) is 13.3. The highest BCUT2D eigenvalue weighted by atomic mass is 16.5. The second-order valence-corrected chi connectivity index (χ2v) is 6.06. The predicted octanol–water partition coefficient (Wildman–Crippen LogP) is 2.76. The van der Waals surface area contributed by atoms with Gasteiger partial charge in [-0.2, -0.15) is 0 Å². The van der Waals surface area contributed by atoms with E-state index in [0.29, 0.717) is 18.9 Å². The molecule has 3 unspecified atom stereocenters. The summed E-state index contributed by atoms with van der Waals surface area (Å²) in [7, 11) is 0. The lowest BCUT2D eigenvalue weighted by Crippen LogP contribution is -2.56. The number of hydrogen-bond acceptors (Lipinski definition) is 3. The van der Waals surface area contributed by atoms with Gasteiger partial charge in [0.05, 0.1) is 17.6 Å². The van der Waals surface area contributed by atoms with Gasteiger partial charge < -0.3 is 9.84 Å². The van der Waals surface area contributed by atoms with Crippen molar-refractivity contribution in [3.63, 3.8) is 0 Å². The normalized spacial score (nSPS) is 34.5.